The zero-order chi connectivity index (χ0) is 21.6. The van der Waals surface area contributed by atoms with E-state index < -0.39 is 11.6 Å². The standard InChI is InChI=1S/C25H24F2N2O2/c26-23-7-4-8-24(27)22(23)17-29-15-13-19(14-16-29)28-25(30)18-9-11-21(12-10-18)31-20-5-2-1-3-6-20/h1-12,19H,13-17H2,(H,28,30). The molecule has 0 saturated carbocycles. The molecule has 160 valence electrons. The molecule has 4 nitrogen and oxygen atoms in total. The molecule has 1 aliphatic rings. The van der Waals surface area contributed by atoms with E-state index in [0.717, 1.165) is 18.6 Å². The maximum absolute atomic E-state index is 13.9. The average molecular weight is 422 g/mol. The summed E-state index contributed by atoms with van der Waals surface area (Å²) >= 11 is 0. The molecule has 1 amide bonds. The smallest absolute Gasteiger partial charge is 0.251 e. The minimum atomic E-state index is -0.518. The number of nitrogens with zero attached hydrogens (tertiary/aromatic N) is 1. The van der Waals surface area contributed by atoms with E-state index in [1.165, 1.54) is 18.2 Å². The number of benzene rings is 3. The van der Waals surface area contributed by atoms with Gasteiger partial charge < -0.3 is 10.1 Å². The lowest BCUT2D eigenvalue weighted by Crippen LogP contribution is -2.44. The monoisotopic (exact) mass is 422 g/mol. The summed E-state index contributed by atoms with van der Waals surface area (Å²) in [6.07, 6.45) is 1.47. The van der Waals surface area contributed by atoms with Gasteiger partial charge in [-0.2, -0.15) is 0 Å². The van der Waals surface area contributed by atoms with Gasteiger partial charge in [-0.1, -0.05) is 24.3 Å². The number of hydrogen-bond acceptors (Lipinski definition) is 3. The molecule has 0 radical (unpaired) electrons. The fourth-order valence-corrected chi connectivity index (χ4v) is 3.71. The number of ether oxygens (including phenoxy) is 1. The number of nitrogens with one attached hydrogen (secondary N) is 1. The van der Waals surface area contributed by atoms with Crippen LogP contribution in [0.25, 0.3) is 0 Å². The van der Waals surface area contributed by atoms with Crippen molar-refractivity contribution >= 4 is 5.91 Å². The number of halogens is 2. The third-order valence-corrected chi connectivity index (χ3v) is 5.46. The molecule has 0 bridgehead atoms. The van der Waals surface area contributed by atoms with Crippen LogP contribution < -0.4 is 10.1 Å². The van der Waals surface area contributed by atoms with E-state index in [1.54, 1.807) is 24.3 Å². The minimum absolute atomic E-state index is 0.0365. The van der Waals surface area contributed by atoms with Crippen molar-refractivity contribution in [1.29, 1.82) is 0 Å². The zero-order valence-corrected chi connectivity index (χ0v) is 17.1. The van der Waals surface area contributed by atoms with Crippen LogP contribution in [0.4, 0.5) is 8.78 Å². The summed E-state index contributed by atoms with van der Waals surface area (Å²) < 4.78 is 33.5. The Kier molecular flexibility index (Phi) is 6.57. The van der Waals surface area contributed by atoms with E-state index in [4.69, 9.17) is 4.74 Å². The predicted molar refractivity (Wildman–Crippen MR) is 115 cm³/mol. The number of carbonyl (C=O) groups is 1. The molecule has 0 unspecified atom stereocenters. The molecule has 0 aliphatic carbocycles. The van der Waals surface area contributed by atoms with E-state index in [9.17, 15) is 13.6 Å². The molecule has 1 N–H and O–H groups in total. The van der Waals surface area contributed by atoms with E-state index in [0.29, 0.717) is 24.4 Å². The Morgan fingerprint density at radius 1 is 0.871 bits per heavy atom. The number of rotatable bonds is 6. The molecular formula is C25H24F2N2O2. The number of hydrogen-bond donors (Lipinski definition) is 1. The Bertz CT molecular complexity index is 997. The molecule has 31 heavy (non-hydrogen) atoms. The van der Waals surface area contributed by atoms with E-state index in [1.807, 2.05) is 35.2 Å². The molecular weight excluding hydrogens is 398 g/mol. The van der Waals surface area contributed by atoms with Crippen LogP contribution in [0.1, 0.15) is 28.8 Å². The first-order valence-corrected chi connectivity index (χ1v) is 10.4. The molecule has 1 fully saturated rings. The quantitative estimate of drug-likeness (QED) is 0.597. The van der Waals surface area contributed by atoms with Crippen LogP contribution in [0.5, 0.6) is 11.5 Å². The first kappa shape index (κ1) is 21.0. The van der Waals surface area contributed by atoms with Crippen molar-refractivity contribution in [1.82, 2.24) is 10.2 Å². The Morgan fingerprint density at radius 3 is 2.13 bits per heavy atom. The van der Waals surface area contributed by atoms with E-state index in [-0.39, 0.29) is 24.1 Å². The number of amides is 1. The molecule has 3 aromatic rings. The van der Waals surface area contributed by atoms with Crippen LogP contribution in [0.2, 0.25) is 0 Å². The molecule has 0 aromatic heterocycles. The molecule has 4 rings (SSSR count). The van der Waals surface area contributed by atoms with Crippen LogP contribution in [-0.2, 0) is 6.54 Å². The summed E-state index contributed by atoms with van der Waals surface area (Å²) in [5.74, 6) is 0.230. The van der Waals surface area contributed by atoms with Gasteiger partial charge in [0.25, 0.3) is 5.91 Å². The molecule has 6 heteroatoms. The average Bonchev–Trinajstić information content (AvgIpc) is 2.79. The fraction of sp³-hybridized carbons (Fsp3) is 0.240. The lowest BCUT2D eigenvalue weighted by atomic mass is 10.0. The number of carbonyl (C=O) groups excluding carboxylic acids is 1. The topological polar surface area (TPSA) is 41.6 Å². The highest BCUT2D eigenvalue weighted by atomic mass is 19.1. The summed E-state index contributed by atoms with van der Waals surface area (Å²) in [5, 5.41) is 3.06. The normalized spacial score (nSPS) is 14.9. The SMILES string of the molecule is O=C(NC1CCN(Cc2c(F)cccc2F)CC1)c1ccc(Oc2ccccc2)cc1. The Labute approximate surface area is 180 Å². The maximum atomic E-state index is 13.9. The summed E-state index contributed by atoms with van der Waals surface area (Å²) in [4.78, 5) is 14.6. The van der Waals surface area contributed by atoms with Crippen LogP contribution in [0.15, 0.2) is 72.8 Å². The zero-order valence-electron chi connectivity index (χ0n) is 17.1. The number of piperidine rings is 1. The lowest BCUT2D eigenvalue weighted by molar-refractivity contribution is 0.0908. The molecule has 1 aliphatic heterocycles. The first-order chi connectivity index (χ1) is 15.1. The van der Waals surface area contributed by atoms with Gasteiger partial charge in [0.2, 0.25) is 0 Å². The third kappa shape index (κ3) is 5.47. The van der Waals surface area contributed by atoms with Gasteiger partial charge in [-0.25, -0.2) is 8.78 Å². The second kappa shape index (κ2) is 9.71. The van der Waals surface area contributed by atoms with Gasteiger partial charge in [-0.3, -0.25) is 9.69 Å². The molecule has 3 aromatic carbocycles. The second-order valence-electron chi connectivity index (χ2n) is 7.66. The molecule has 0 spiro atoms. The van der Waals surface area contributed by atoms with E-state index in [2.05, 4.69) is 5.32 Å². The maximum Gasteiger partial charge on any atom is 0.251 e. The second-order valence-corrected chi connectivity index (χ2v) is 7.66. The van der Waals surface area contributed by atoms with Crippen LogP contribution in [0, 0.1) is 11.6 Å². The van der Waals surface area contributed by atoms with Crippen molar-refractivity contribution in [3.63, 3.8) is 0 Å². The Morgan fingerprint density at radius 2 is 1.48 bits per heavy atom. The van der Waals surface area contributed by atoms with Gasteiger partial charge in [0, 0.05) is 36.8 Å². The van der Waals surface area contributed by atoms with Crippen LogP contribution in [0.3, 0.4) is 0 Å². The van der Waals surface area contributed by atoms with Crippen molar-refractivity contribution in [2.24, 2.45) is 0 Å². The van der Waals surface area contributed by atoms with Crippen LogP contribution in [-0.4, -0.2) is 29.9 Å². The highest BCUT2D eigenvalue weighted by Crippen LogP contribution is 2.22. The highest BCUT2D eigenvalue weighted by molar-refractivity contribution is 5.94. The lowest BCUT2D eigenvalue weighted by Gasteiger charge is -2.32. The van der Waals surface area contributed by atoms with Crippen molar-refractivity contribution in [2.75, 3.05) is 13.1 Å². The van der Waals surface area contributed by atoms with Crippen molar-refractivity contribution < 1.29 is 18.3 Å². The fourth-order valence-electron chi connectivity index (χ4n) is 3.71. The van der Waals surface area contributed by atoms with Gasteiger partial charge in [-0.05, 0) is 61.4 Å². The summed E-state index contributed by atoms with van der Waals surface area (Å²) in [7, 11) is 0. The minimum Gasteiger partial charge on any atom is -0.457 e. The largest absolute Gasteiger partial charge is 0.457 e. The summed E-state index contributed by atoms with van der Waals surface area (Å²) in [6, 6.07) is 20.4. The van der Waals surface area contributed by atoms with Crippen molar-refractivity contribution in [2.45, 2.75) is 25.4 Å². The molecule has 1 heterocycles. The van der Waals surface area contributed by atoms with Gasteiger partial charge in [0.05, 0.1) is 0 Å². The predicted octanol–water partition coefficient (Wildman–Crippen LogP) is 5.15. The molecule has 1 saturated heterocycles. The molecule has 0 atom stereocenters. The van der Waals surface area contributed by atoms with Gasteiger partial charge in [0.1, 0.15) is 23.1 Å². The summed E-state index contributed by atoms with van der Waals surface area (Å²) in [5.41, 5.74) is 0.666. The van der Waals surface area contributed by atoms with Gasteiger partial charge in [0.15, 0.2) is 0 Å². The number of likely N-dealkylation sites (tertiary alicyclic amines) is 1. The highest BCUT2D eigenvalue weighted by Gasteiger charge is 2.23. The van der Waals surface area contributed by atoms with E-state index >= 15 is 0 Å². The van der Waals surface area contributed by atoms with Crippen molar-refractivity contribution in [3.05, 3.63) is 95.6 Å². The Hall–Kier alpha value is -3.25. The van der Waals surface area contributed by atoms with Crippen molar-refractivity contribution in [3.8, 4) is 11.5 Å². The first-order valence-electron chi connectivity index (χ1n) is 10.4. The van der Waals surface area contributed by atoms with Gasteiger partial charge in [-0.15, -0.1) is 0 Å². The third-order valence-electron chi connectivity index (χ3n) is 5.46. The number of para-hydroxylation sites is 1. The van der Waals surface area contributed by atoms with Crippen LogP contribution >= 0.6 is 0 Å². The van der Waals surface area contributed by atoms with Gasteiger partial charge >= 0.3 is 0 Å². The Balaban J connectivity index is 1.27. The summed E-state index contributed by atoms with van der Waals surface area (Å²) in [6.45, 7) is 1.58.